The number of benzene rings is 2. The van der Waals surface area contributed by atoms with Crippen LogP contribution in [0.25, 0.3) is 0 Å². The fourth-order valence-electron chi connectivity index (χ4n) is 3.63. The van der Waals surface area contributed by atoms with Crippen LogP contribution in [-0.2, 0) is 19.7 Å². The van der Waals surface area contributed by atoms with Crippen molar-refractivity contribution in [3.8, 4) is 0 Å². The lowest BCUT2D eigenvalue weighted by Crippen LogP contribution is -2.43. The van der Waals surface area contributed by atoms with Crippen LogP contribution in [0.15, 0.2) is 54.6 Å². The number of ether oxygens (including phenoxy) is 1. The van der Waals surface area contributed by atoms with Crippen molar-refractivity contribution in [2.24, 2.45) is 5.92 Å². The Labute approximate surface area is 194 Å². The number of esters is 1. The van der Waals surface area contributed by atoms with Crippen molar-refractivity contribution < 1.29 is 23.9 Å². The van der Waals surface area contributed by atoms with Gasteiger partial charge >= 0.3 is 5.97 Å². The molecule has 0 bridgehead atoms. The Morgan fingerprint density at radius 3 is 2.24 bits per heavy atom. The van der Waals surface area contributed by atoms with Crippen molar-refractivity contribution in [1.29, 1.82) is 0 Å². The number of rotatable bonds is 7. The van der Waals surface area contributed by atoms with Gasteiger partial charge in [-0.15, -0.1) is 0 Å². The topological polar surface area (TPSA) is 92.8 Å². The van der Waals surface area contributed by atoms with Crippen LogP contribution in [0.3, 0.4) is 0 Å². The van der Waals surface area contributed by atoms with Crippen LogP contribution in [-0.4, -0.2) is 41.2 Å². The Balaban J connectivity index is 1.59. The Hall–Kier alpha value is -3.48. The van der Waals surface area contributed by atoms with Gasteiger partial charge in [-0.1, -0.05) is 70.2 Å². The van der Waals surface area contributed by atoms with Gasteiger partial charge in [0.25, 0.3) is 5.91 Å². The highest BCUT2D eigenvalue weighted by molar-refractivity contribution is 6.01. The standard InChI is InChI=1S/C26H30N2O5/c1-5-21(23(30)17-9-7-6-8-10-17)33-25(32)19-15-22(29)28(16-19)27-24(31)18-11-13-20(14-12-18)26(2,3)4/h6-14,19,21H,5,15-16H2,1-4H3,(H,27,31)/t19-,21+/m1/s1. The minimum atomic E-state index is -0.917. The highest BCUT2D eigenvalue weighted by Crippen LogP contribution is 2.23. The van der Waals surface area contributed by atoms with Gasteiger partial charge in [0.05, 0.1) is 12.5 Å². The summed E-state index contributed by atoms with van der Waals surface area (Å²) < 4.78 is 5.45. The van der Waals surface area contributed by atoms with E-state index in [9.17, 15) is 19.2 Å². The SMILES string of the molecule is CC[C@H](OC(=O)[C@@H]1CC(=O)N(NC(=O)c2ccc(C(C)(C)C)cc2)C1)C(=O)c1ccccc1. The third kappa shape index (κ3) is 5.86. The summed E-state index contributed by atoms with van der Waals surface area (Å²) in [5.74, 6) is -2.45. The van der Waals surface area contributed by atoms with Crippen LogP contribution < -0.4 is 5.43 Å². The molecule has 33 heavy (non-hydrogen) atoms. The Kier molecular flexibility index (Phi) is 7.31. The van der Waals surface area contributed by atoms with Gasteiger partial charge in [0.1, 0.15) is 0 Å². The second-order valence-electron chi connectivity index (χ2n) is 9.24. The predicted molar refractivity (Wildman–Crippen MR) is 123 cm³/mol. The Morgan fingerprint density at radius 1 is 1.03 bits per heavy atom. The van der Waals surface area contributed by atoms with Gasteiger partial charge < -0.3 is 4.74 Å². The van der Waals surface area contributed by atoms with Crippen molar-refractivity contribution in [3.05, 3.63) is 71.3 Å². The van der Waals surface area contributed by atoms with Gasteiger partial charge in [-0.05, 0) is 29.5 Å². The molecule has 1 N–H and O–H groups in total. The molecule has 174 valence electrons. The van der Waals surface area contributed by atoms with Gasteiger partial charge in [-0.25, -0.2) is 0 Å². The summed E-state index contributed by atoms with van der Waals surface area (Å²) >= 11 is 0. The first-order valence-electron chi connectivity index (χ1n) is 11.1. The predicted octanol–water partition coefficient (Wildman–Crippen LogP) is 3.68. The number of Topliss-reactive ketones (excluding diaryl/α,β-unsaturated/α-hetero) is 1. The molecule has 0 unspecified atom stereocenters. The van der Waals surface area contributed by atoms with Crippen LogP contribution >= 0.6 is 0 Å². The number of carbonyl (C=O) groups is 4. The van der Waals surface area contributed by atoms with Crippen molar-refractivity contribution in [2.45, 2.75) is 52.1 Å². The molecule has 0 aliphatic carbocycles. The first-order chi connectivity index (χ1) is 15.6. The van der Waals surface area contributed by atoms with Crippen LogP contribution in [0.2, 0.25) is 0 Å². The summed E-state index contributed by atoms with van der Waals surface area (Å²) in [5.41, 5.74) is 4.51. The first-order valence-corrected chi connectivity index (χ1v) is 11.1. The van der Waals surface area contributed by atoms with Gasteiger partial charge in [-0.2, -0.15) is 0 Å². The minimum absolute atomic E-state index is 0.000552. The normalized spacial score (nSPS) is 16.9. The second-order valence-corrected chi connectivity index (χ2v) is 9.24. The zero-order chi connectivity index (χ0) is 24.2. The van der Waals surface area contributed by atoms with Gasteiger partial charge in [0, 0.05) is 17.5 Å². The monoisotopic (exact) mass is 450 g/mol. The smallest absolute Gasteiger partial charge is 0.312 e. The number of ketones is 1. The van der Waals surface area contributed by atoms with Gasteiger partial charge in [0.15, 0.2) is 6.10 Å². The molecule has 1 saturated heterocycles. The molecule has 1 aliphatic rings. The first kappa shape index (κ1) is 24.2. The van der Waals surface area contributed by atoms with E-state index in [2.05, 4.69) is 26.2 Å². The fraction of sp³-hybridized carbons (Fsp3) is 0.385. The van der Waals surface area contributed by atoms with E-state index < -0.39 is 23.9 Å². The maximum absolute atomic E-state index is 12.7. The van der Waals surface area contributed by atoms with Crippen molar-refractivity contribution in [2.75, 3.05) is 6.54 Å². The van der Waals surface area contributed by atoms with E-state index in [1.165, 1.54) is 0 Å². The van der Waals surface area contributed by atoms with Crippen molar-refractivity contribution in [1.82, 2.24) is 10.4 Å². The van der Waals surface area contributed by atoms with E-state index in [0.29, 0.717) is 17.5 Å². The van der Waals surface area contributed by atoms with Gasteiger partial charge in [0.2, 0.25) is 11.7 Å². The summed E-state index contributed by atoms with van der Waals surface area (Å²) in [6.45, 7) is 8.01. The molecule has 2 atom stereocenters. The average molecular weight is 451 g/mol. The Bertz CT molecular complexity index is 1020. The summed E-state index contributed by atoms with van der Waals surface area (Å²) in [6, 6.07) is 15.8. The van der Waals surface area contributed by atoms with E-state index in [0.717, 1.165) is 10.6 Å². The van der Waals surface area contributed by atoms with Crippen LogP contribution in [0, 0.1) is 5.92 Å². The molecule has 7 heteroatoms. The third-order valence-corrected chi connectivity index (χ3v) is 5.69. The van der Waals surface area contributed by atoms with Crippen LogP contribution in [0.1, 0.15) is 66.8 Å². The molecule has 2 aromatic rings. The van der Waals surface area contributed by atoms with Crippen LogP contribution in [0.4, 0.5) is 0 Å². The highest BCUT2D eigenvalue weighted by Gasteiger charge is 2.38. The number of hydrogen-bond donors (Lipinski definition) is 1. The van der Waals surface area contributed by atoms with Crippen LogP contribution in [0.5, 0.6) is 0 Å². The molecule has 7 nitrogen and oxygen atoms in total. The van der Waals surface area contributed by atoms with Gasteiger partial charge in [-0.3, -0.25) is 29.6 Å². The molecule has 1 heterocycles. The van der Waals surface area contributed by atoms with E-state index in [1.807, 2.05) is 12.1 Å². The second kappa shape index (κ2) is 9.98. The lowest BCUT2D eigenvalue weighted by Gasteiger charge is -2.20. The Morgan fingerprint density at radius 2 is 1.67 bits per heavy atom. The molecule has 1 aliphatic heterocycles. The van der Waals surface area contributed by atoms with Crippen molar-refractivity contribution >= 4 is 23.6 Å². The summed E-state index contributed by atoms with van der Waals surface area (Å²) in [4.78, 5) is 50.3. The molecular formula is C26H30N2O5. The number of hydrogen-bond acceptors (Lipinski definition) is 5. The fourth-order valence-corrected chi connectivity index (χ4v) is 3.63. The highest BCUT2D eigenvalue weighted by atomic mass is 16.5. The molecular weight excluding hydrogens is 420 g/mol. The molecule has 3 rings (SSSR count). The molecule has 0 spiro atoms. The summed E-state index contributed by atoms with van der Waals surface area (Å²) in [5, 5.41) is 1.14. The quantitative estimate of drug-likeness (QED) is 0.513. The maximum atomic E-state index is 12.7. The largest absolute Gasteiger partial charge is 0.454 e. The summed E-state index contributed by atoms with van der Waals surface area (Å²) in [6.07, 6.45) is -0.677. The maximum Gasteiger partial charge on any atom is 0.312 e. The van der Waals surface area contributed by atoms with E-state index in [4.69, 9.17) is 4.74 Å². The number of amides is 2. The summed E-state index contributed by atoms with van der Waals surface area (Å²) in [7, 11) is 0. The molecule has 0 saturated carbocycles. The minimum Gasteiger partial charge on any atom is -0.454 e. The number of hydrazine groups is 1. The zero-order valence-electron chi connectivity index (χ0n) is 19.5. The molecule has 0 radical (unpaired) electrons. The van der Waals surface area contributed by atoms with E-state index in [1.54, 1.807) is 49.4 Å². The van der Waals surface area contributed by atoms with E-state index in [-0.39, 0.29) is 30.1 Å². The number of carbonyl (C=O) groups excluding carboxylic acids is 4. The average Bonchev–Trinajstić information content (AvgIpc) is 3.17. The molecule has 2 amide bonds. The third-order valence-electron chi connectivity index (χ3n) is 5.69. The number of nitrogens with zero attached hydrogens (tertiary/aromatic N) is 1. The lowest BCUT2D eigenvalue weighted by atomic mass is 9.87. The molecule has 0 aromatic heterocycles. The lowest BCUT2D eigenvalue weighted by molar-refractivity contribution is -0.151. The zero-order valence-corrected chi connectivity index (χ0v) is 19.5. The van der Waals surface area contributed by atoms with E-state index >= 15 is 0 Å². The van der Waals surface area contributed by atoms with Crippen molar-refractivity contribution in [3.63, 3.8) is 0 Å². The molecule has 2 aromatic carbocycles. The number of nitrogens with one attached hydrogen (secondary N) is 1. The molecule has 1 fully saturated rings.